The fourth-order valence-corrected chi connectivity index (χ4v) is 3.36. The Morgan fingerprint density at radius 3 is 2.59 bits per heavy atom. The summed E-state index contributed by atoms with van der Waals surface area (Å²) in [5, 5.41) is 13.6. The molecule has 3 aromatic carbocycles. The first-order chi connectivity index (χ1) is 12.9. The van der Waals surface area contributed by atoms with Gasteiger partial charge < -0.3 is 11.1 Å². The standard InChI is InChI=1S/C20H14FN3O3/c21-13-9-17(19(22)18(10-13)24(26)27)20(25)23-14-5-6-16-12(8-14)7-11-3-1-2-4-15(11)16/h1-6,8-10H,7,22H2,(H,23,25). The summed E-state index contributed by atoms with van der Waals surface area (Å²) in [6.45, 7) is 0. The second-order valence-electron chi connectivity index (χ2n) is 6.30. The molecule has 0 atom stereocenters. The number of nitrogen functional groups attached to an aromatic ring is 1. The summed E-state index contributed by atoms with van der Waals surface area (Å²) >= 11 is 0. The summed E-state index contributed by atoms with van der Waals surface area (Å²) < 4.78 is 13.7. The number of halogens is 1. The van der Waals surface area contributed by atoms with E-state index >= 15 is 0 Å². The van der Waals surface area contributed by atoms with Gasteiger partial charge in [-0.05, 0) is 46.9 Å². The van der Waals surface area contributed by atoms with Crippen molar-refractivity contribution in [2.45, 2.75) is 6.42 Å². The molecular weight excluding hydrogens is 349 g/mol. The van der Waals surface area contributed by atoms with Crippen LogP contribution in [0.25, 0.3) is 11.1 Å². The van der Waals surface area contributed by atoms with Crippen LogP contribution in [0.3, 0.4) is 0 Å². The van der Waals surface area contributed by atoms with Crippen LogP contribution in [0.5, 0.6) is 0 Å². The molecule has 0 bridgehead atoms. The molecule has 0 fully saturated rings. The number of nitrogens with one attached hydrogen (secondary N) is 1. The highest BCUT2D eigenvalue weighted by Crippen LogP contribution is 2.37. The molecule has 0 aliphatic heterocycles. The van der Waals surface area contributed by atoms with Crippen LogP contribution in [0.2, 0.25) is 0 Å². The molecule has 3 aromatic rings. The van der Waals surface area contributed by atoms with Gasteiger partial charge in [-0.3, -0.25) is 14.9 Å². The van der Waals surface area contributed by atoms with Crippen molar-refractivity contribution in [2.75, 3.05) is 11.1 Å². The minimum atomic E-state index is -0.898. The van der Waals surface area contributed by atoms with Crippen LogP contribution in [0.4, 0.5) is 21.5 Å². The maximum Gasteiger partial charge on any atom is 0.295 e. The normalized spacial score (nSPS) is 11.6. The molecule has 3 N–H and O–H groups in total. The van der Waals surface area contributed by atoms with Crippen molar-refractivity contribution in [1.82, 2.24) is 0 Å². The third-order valence-corrected chi connectivity index (χ3v) is 4.62. The van der Waals surface area contributed by atoms with Gasteiger partial charge in [0.15, 0.2) is 0 Å². The SMILES string of the molecule is Nc1c(C(=O)Nc2ccc3c(c2)Cc2ccccc2-3)cc(F)cc1[N+](=O)[O-]. The van der Waals surface area contributed by atoms with Crippen LogP contribution in [0, 0.1) is 15.9 Å². The van der Waals surface area contributed by atoms with Gasteiger partial charge in [-0.15, -0.1) is 0 Å². The van der Waals surface area contributed by atoms with Crippen LogP contribution in [-0.2, 0) is 6.42 Å². The van der Waals surface area contributed by atoms with E-state index < -0.39 is 22.3 Å². The fraction of sp³-hybridized carbons (Fsp3) is 0.0500. The van der Waals surface area contributed by atoms with E-state index in [1.54, 1.807) is 6.07 Å². The predicted molar refractivity (Wildman–Crippen MR) is 100 cm³/mol. The van der Waals surface area contributed by atoms with Gasteiger partial charge in [0.25, 0.3) is 11.6 Å². The van der Waals surface area contributed by atoms with E-state index in [4.69, 9.17) is 5.73 Å². The number of nitrogens with zero attached hydrogens (tertiary/aromatic N) is 1. The molecule has 0 saturated carbocycles. The largest absolute Gasteiger partial charge is 0.393 e. The molecule has 1 aliphatic carbocycles. The van der Waals surface area contributed by atoms with E-state index in [1.807, 2.05) is 30.3 Å². The molecule has 27 heavy (non-hydrogen) atoms. The molecule has 0 spiro atoms. The molecule has 7 heteroatoms. The average molecular weight is 363 g/mol. The number of hydrogen-bond acceptors (Lipinski definition) is 4. The van der Waals surface area contributed by atoms with Crippen molar-refractivity contribution < 1.29 is 14.1 Å². The number of hydrogen-bond donors (Lipinski definition) is 2. The van der Waals surface area contributed by atoms with Crippen LogP contribution in [0.1, 0.15) is 21.5 Å². The Bertz CT molecular complexity index is 1110. The zero-order valence-electron chi connectivity index (χ0n) is 14.0. The lowest BCUT2D eigenvalue weighted by Gasteiger charge is -2.10. The highest BCUT2D eigenvalue weighted by atomic mass is 19.1. The number of benzene rings is 3. The minimum Gasteiger partial charge on any atom is -0.393 e. The summed E-state index contributed by atoms with van der Waals surface area (Å²) in [5.41, 5.74) is 9.46. The fourth-order valence-electron chi connectivity index (χ4n) is 3.36. The van der Waals surface area contributed by atoms with Gasteiger partial charge in [-0.1, -0.05) is 30.3 Å². The highest BCUT2D eigenvalue weighted by molar-refractivity contribution is 6.09. The molecular formula is C20H14FN3O3. The summed E-state index contributed by atoms with van der Waals surface area (Å²) in [6, 6.07) is 15.1. The second-order valence-corrected chi connectivity index (χ2v) is 6.30. The number of rotatable bonds is 3. The van der Waals surface area contributed by atoms with Crippen molar-refractivity contribution in [2.24, 2.45) is 0 Å². The monoisotopic (exact) mass is 363 g/mol. The minimum absolute atomic E-state index is 0.273. The van der Waals surface area contributed by atoms with Gasteiger partial charge in [-0.25, -0.2) is 4.39 Å². The molecule has 6 nitrogen and oxygen atoms in total. The number of nitro benzene ring substituents is 1. The van der Waals surface area contributed by atoms with E-state index in [2.05, 4.69) is 11.4 Å². The number of amides is 1. The molecule has 134 valence electrons. The maximum absolute atomic E-state index is 13.7. The first-order valence-electron chi connectivity index (χ1n) is 8.20. The lowest BCUT2D eigenvalue weighted by Crippen LogP contribution is -2.15. The highest BCUT2D eigenvalue weighted by Gasteiger charge is 2.23. The summed E-state index contributed by atoms with van der Waals surface area (Å²) in [7, 11) is 0. The molecule has 0 unspecified atom stereocenters. The van der Waals surface area contributed by atoms with Gasteiger partial charge in [0.05, 0.1) is 16.6 Å². The van der Waals surface area contributed by atoms with Crippen LogP contribution in [-0.4, -0.2) is 10.8 Å². The van der Waals surface area contributed by atoms with Gasteiger partial charge in [0.1, 0.15) is 11.5 Å². The topological polar surface area (TPSA) is 98.3 Å². The molecule has 4 rings (SSSR count). The summed E-state index contributed by atoms with van der Waals surface area (Å²) in [4.78, 5) is 22.7. The van der Waals surface area contributed by atoms with Gasteiger partial charge in [0.2, 0.25) is 0 Å². The van der Waals surface area contributed by atoms with Crippen molar-refractivity contribution in [3.05, 3.63) is 87.2 Å². The predicted octanol–water partition coefficient (Wildman–Crippen LogP) is 4.14. The Labute approximate surface area is 153 Å². The number of carbonyl (C=O) groups excluding carboxylic acids is 1. The van der Waals surface area contributed by atoms with Crippen LogP contribution >= 0.6 is 0 Å². The molecule has 0 heterocycles. The third-order valence-electron chi connectivity index (χ3n) is 4.62. The third kappa shape index (κ3) is 2.89. The Balaban J connectivity index is 1.64. The van der Waals surface area contributed by atoms with Gasteiger partial charge >= 0.3 is 0 Å². The van der Waals surface area contributed by atoms with Crippen molar-refractivity contribution in [1.29, 1.82) is 0 Å². The second kappa shape index (κ2) is 6.21. The Kier molecular flexibility index (Phi) is 3.84. The van der Waals surface area contributed by atoms with Crippen LogP contribution in [0.15, 0.2) is 54.6 Å². The zero-order valence-corrected chi connectivity index (χ0v) is 14.0. The number of anilines is 2. The first kappa shape index (κ1) is 16.7. The maximum atomic E-state index is 13.7. The number of nitro groups is 1. The lowest BCUT2D eigenvalue weighted by atomic mass is 10.1. The number of nitrogens with two attached hydrogens (primary N) is 1. The quantitative estimate of drug-likeness (QED) is 0.325. The Morgan fingerprint density at radius 2 is 1.81 bits per heavy atom. The van der Waals surface area contributed by atoms with E-state index in [-0.39, 0.29) is 11.3 Å². The van der Waals surface area contributed by atoms with Gasteiger partial charge in [-0.2, -0.15) is 0 Å². The molecule has 0 saturated heterocycles. The molecule has 1 amide bonds. The summed E-state index contributed by atoms with van der Waals surface area (Å²) in [5.74, 6) is -1.60. The lowest BCUT2D eigenvalue weighted by molar-refractivity contribution is -0.384. The van der Waals surface area contributed by atoms with Crippen molar-refractivity contribution in [3.63, 3.8) is 0 Å². The van der Waals surface area contributed by atoms with E-state index in [0.29, 0.717) is 11.8 Å². The first-order valence-corrected chi connectivity index (χ1v) is 8.20. The summed E-state index contributed by atoms with van der Waals surface area (Å²) in [6.07, 6.45) is 0.753. The van der Waals surface area contributed by atoms with Crippen molar-refractivity contribution in [3.8, 4) is 11.1 Å². The van der Waals surface area contributed by atoms with Gasteiger partial charge in [0, 0.05) is 5.69 Å². The van der Waals surface area contributed by atoms with Crippen molar-refractivity contribution >= 4 is 23.0 Å². The van der Waals surface area contributed by atoms with Crippen LogP contribution < -0.4 is 11.1 Å². The number of carbonyl (C=O) groups is 1. The molecule has 0 aromatic heterocycles. The number of fused-ring (bicyclic) bond motifs is 3. The smallest absolute Gasteiger partial charge is 0.295 e. The molecule has 1 aliphatic rings. The Hall–Kier alpha value is -3.74. The van der Waals surface area contributed by atoms with E-state index in [1.165, 1.54) is 5.56 Å². The Morgan fingerprint density at radius 1 is 1.07 bits per heavy atom. The average Bonchev–Trinajstić information content (AvgIpc) is 3.00. The van der Waals surface area contributed by atoms with E-state index in [0.717, 1.165) is 29.2 Å². The zero-order chi connectivity index (χ0) is 19.1. The van der Waals surface area contributed by atoms with E-state index in [9.17, 15) is 19.3 Å². The molecule has 0 radical (unpaired) electrons.